The first-order chi connectivity index (χ1) is 13.5. The molecule has 1 aliphatic heterocycles. The monoisotopic (exact) mass is 463 g/mol. The molecule has 0 spiro atoms. The van der Waals surface area contributed by atoms with Crippen molar-refractivity contribution < 1.29 is 10.2 Å². The molecular weight excluding hydrogens is 438 g/mol. The Hall–Kier alpha value is -1.07. The largest absolute Gasteiger partial charge is 0.508 e. The first-order valence-corrected chi connectivity index (χ1v) is 11.3. The molecule has 2 aromatic rings. The van der Waals surface area contributed by atoms with Gasteiger partial charge in [0.15, 0.2) is 0 Å². The van der Waals surface area contributed by atoms with Gasteiger partial charge in [-0.15, -0.1) is 0 Å². The number of fused-ring (bicyclic) bond motifs is 1. The lowest BCUT2D eigenvalue weighted by Crippen LogP contribution is -2.47. The lowest BCUT2D eigenvalue weighted by Gasteiger charge is -2.45. The summed E-state index contributed by atoms with van der Waals surface area (Å²) in [5.41, 5.74) is 2.31. The van der Waals surface area contributed by atoms with Crippen LogP contribution in [0, 0.1) is 5.92 Å². The fourth-order valence-corrected chi connectivity index (χ4v) is 5.91. The van der Waals surface area contributed by atoms with Crippen LogP contribution in [0.4, 0.5) is 0 Å². The van der Waals surface area contributed by atoms with Gasteiger partial charge in [-0.2, -0.15) is 0 Å². The maximum atomic E-state index is 10.6. The van der Waals surface area contributed by atoms with Gasteiger partial charge in [0.2, 0.25) is 0 Å². The molecule has 3 unspecified atom stereocenters. The van der Waals surface area contributed by atoms with Gasteiger partial charge in [0.25, 0.3) is 0 Å². The molecule has 5 heteroatoms. The third kappa shape index (κ3) is 3.85. The Bertz CT molecular complexity index is 845. The number of aliphatic hydroxyl groups is 1. The zero-order chi connectivity index (χ0) is 19.7. The van der Waals surface area contributed by atoms with Gasteiger partial charge in [0.05, 0.1) is 11.1 Å². The van der Waals surface area contributed by atoms with Crippen LogP contribution in [-0.2, 0) is 5.41 Å². The highest BCUT2D eigenvalue weighted by Gasteiger charge is 2.47. The molecule has 1 saturated heterocycles. The van der Waals surface area contributed by atoms with E-state index in [0.717, 1.165) is 36.1 Å². The van der Waals surface area contributed by atoms with E-state index in [9.17, 15) is 10.2 Å². The van der Waals surface area contributed by atoms with E-state index < -0.39 is 6.10 Å². The Morgan fingerprint density at radius 1 is 1.21 bits per heavy atom. The van der Waals surface area contributed by atoms with Gasteiger partial charge < -0.3 is 15.1 Å². The molecule has 28 heavy (non-hydrogen) atoms. The van der Waals surface area contributed by atoms with Crippen LogP contribution in [0.25, 0.3) is 0 Å². The summed E-state index contributed by atoms with van der Waals surface area (Å²) in [5, 5.41) is 21.2. The second kappa shape index (κ2) is 8.35. The lowest BCUT2D eigenvalue weighted by molar-refractivity contribution is 0.0868. The maximum absolute atomic E-state index is 10.6. The lowest BCUT2D eigenvalue weighted by atomic mass is 9.67. The number of hydrogen-bond acceptors (Lipinski definition) is 3. The van der Waals surface area contributed by atoms with Gasteiger partial charge in [0.1, 0.15) is 5.75 Å². The average Bonchev–Trinajstić information content (AvgIpc) is 3.12. The van der Waals surface area contributed by atoms with Crippen molar-refractivity contribution >= 4 is 27.5 Å². The van der Waals surface area contributed by atoms with Crippen LogP contribution >= 0.6 is 27.5 Å². The molecule has 3 nitrogen and oxygen atoms in total. The first-order valence-electron chi connectivity index (χ1n) is 10.1. The highest BCUT2D eigenvalue weighted by Crippen LogP contribution is 2.51. The minimum absolute atomic E-state index is 0.210. The Kier molecular flexibility index (Phi) is 6.03. The third-order valence-electron chi connectivity index (χ3n) is 6.79. The molecule has 0 amide bonds. The summed E-state index contributed by atoms with van der Waals surface area (Å²) in [6.45, 7) is 2.97. The van der Waals surface area contributed by atoms with Crippen molar-refractivity contribution in [3.05, 3.63) is 63.1 Å². The van der Waals surface area contributed by atoms with E-state index in [1.54, 1.807) is 6.07 Å². The number of phenolic OH excluding ortho intramolecular Hbond substituents is 1. The zero-order valence-corrected chi connectivity index (χ0v) is 18.3. The molecule has 2 aliphatic rings. The average molecular weight is 465 g/mol. The number of halogens is 2. The van der Waals surface area contributed by atoms with Crippen molar-refractivity contribution in [2.24, 2.45) is 5.92 Å². The van der Waals surface area contributed by atoms with Crippen molar-refractivity contribution in [3.63, 3.8) is 0 Å². The second-order valence-electron chi connectivity index (χ2n) is 8.29. The smallest absolute Gasteiger partial charge is 0.115 e. The summed E-state index contributed by atoms with van der Waals surface area (Å²) in [7, 11) is 0. The van der Waals surface area contributed by atoms with E-state index in [1.807, 2.05) is 30.3 Å². The normalized spacial score (nSPS) is 26.2. The summed E-state index contributed by atoms with van der Waals surface area (Å²) in [5.74, 6) is 0.989. The highest BCUT2D eigenvalue weighted by atomic mass is 79.9. The molecular formula is C23H27BrClNO2. The summed E-state index contributed by atoms with van der Waals surface area (Å²) in [6, 6.07) is 13.6. The minimum atomic E-state index is -0.550. The van der Waals surface area contributed by atoms with Crippen LogP contribution in [0.2, 0.25) is 5.02 Å². The minimum Gasteiger partial charge on any atom is -0.508 e. The molecule has 1 aliphatic carbocycles. The second-order valence-corrected chi connectivity index (χ2v) is 9.53. The molecule has 4 rings (SSSR count). The van der Waals surface area contributed by atoms with Gasteiger partial charge in [0, 0.05) is 28.5 Å². The topological polar surface area (TPSA) is 43.7 Å². The van der Waals surface area contributed by atoms with Crippen molar-refractivity contribution in [1.29, 1.82) is 0 Å². The Balaban J connectivity index is 1.41. The molecule has 150 valence electrons. The predicted octanol–water partition coefficient (Wildman–Crippen LogP) is 5.68. The number of aromatic hydroxyl groups is 1. The number of aliphatic hydroxyl groups excluding tert-OH is 1. The van der Waals surface area contributed by atoms with E-state index in [-0.39, 0.29) is 5.41 Å². The highest BCUT2D eigenvalue weighted by molar-refractivity contribution is 9.10. The summed E-state index contributed by atoms with van der Waals surface area (Å²) in [4.78, 5) is 2.49. The maximum Gasteiger partial charge on any atom is 0.115 e. The fourth-order valence-electron chi connectivity index (χ4n) is 5.28. The number of rotatable bonds is 5. The Morgan fingerprint density at radius 3 is 2.86 bits per heavy atom. The number of nitrogens with zero attached hydrogens (tertiary/aromatic N) is 1. The molecule has 0 radical (unpaired) electrons. The standard InChI is InChI=1S/C23H27BrClNO2/c24-20-8-2-7-19(22(20)25)21(28)9-12-26-13-11-23(10-3-5-17(23)15-26)16-4-1-6-18(27)14-16/h1-2,4,6-8,14,17,21,27-28H,3,5,9-13,15H2. The quantitative estimate of drug-likeness (QED) is 0.599. The third-order valence-corrected chi connectivity index (χ3v) is 8.10. The Morgan fingerprint density at radius 2 is 2.04 bits per heavy atom. The number of benzene rings is 2. The molecule has 2 aromatic carbocycles. The number of likely N-dealkylation sites (tertiary alicyclic amines) is 1. The van der Waals surface area contributed by atoms with Crippen LogP contribution in [0.15, 0.2) is 46.9 Å². The van der Waals surface area contributed by atoms with Crippen LogP contribution < -0.4 is 0 Å². The molecule has 1 heterocycles. The van der Waals surface area contributed by atoms with Gasteiger partial charge in [-0.3, -0.25) is 0 Å². The van der Waals surface area contributed by atoms with Crippen LogP contribution in [0.5, 0.6) is 5.75 Å². The van der Waals surface area contributed by atoms with Crippen LogP contribution in [0.3, 0.4) is 0 Å². The van der Waals surface area contributed by atoms with Crippen molar-refractivity contribution in [2.75, 3.05) is 19.6 Å². The van der Waals surface area contributed by atoms with E-state index in [0.29, 0.717) is 23.1 Å². The van der Waals surface area contributed by atoms with Gasteiger partial charge >= 0.3 is 0 Å². The summed E-state index contributed by atoms with van der Waals surface area (Å²) < 4.78 is 0.825. The van der Waals surface area contributed by atoms with E-state index >= 15 is 0 Å². The van der Waals surface area contributed by atoms with Crippen molar-refractivity contribution in [3.8, 4) is 5.75 Å². The zero-order valence-electron chi connectivity index (χ0n) is 16.0. The number of piperidine rings is 1. The molecule has 2 fully saturated rings. The van der Waals surface area contributed by atoms with E-state index in [2.05, 4.69) is 26.9 Å². The van der Waals surface area contributed by atoms with Gasteiger partial charge in [-0.05, 0) is 77.8 Å². The van der Waals surface area contributed by atoms with Crippen LogP contribution in [0.1, 0.15) is 49.3 Å². The van der Waals surface area contributed by atoms with Crippen LogP contribution in [-0.4, -0.2) is 34.7 Å². The molecule has 2 N–H and O–H groups in total. The SMILES string of the molecule is Oc1cccc(C23CCCC2CN(CCC(O)c2cccc(Br)c2Cl)CC3)c1. The molecule has 3 atom stereocenters. The Labute approximate surface area is 180 Å². The summed E-state index contributed by atoms with van der Waals surface area (Å²) in [6.07, 6.45) is 4.96. The molecule has 0 bridgehead atoms. The van der Waals surface area contributed by atoms with Gasteiger partial charge in [-0.25, -0.2) is 0 Å². The van der Waals surface area contributed by atoms with E-state index in [1.165, 1.54) is 24.8 Å². The molecule has 1 saturated carbocycles. The van der Waals surface area contributed by atoms with E-state index in [4.69, 9.17) is 11.6 Å². The number of hydrogen-bond donors (Lipinski definition) is 2. The molecule has 0 aromatic heterocycles. The number of phenols is 1. The van der Waals surface area contributed by atoms with Crippen molar-refractivity contribution in [1.82, 2.24) is 4.90 Å². The summed E-state index contributed by atoms with van der Waals surface area (Å²) >= 11 is 9.78. The van der Waals surface area contributed by atoms with Crippen molar-refractivity contribution in [2.45, 2.75) is 43.6 Å². The predicted molar refractivity (Wildman–Crippen MR) is 117 cm³/mol. The first kappa shape index (κ1) is 20.2. The van der Waals surface area contributed by atoms with Gasteiger partial charge in [-0.1, -0.05) is 42.3 Å². The fraction of sp³-hybridized carbons (Fsp3) is 0.478.